The molecule has 0 radical (unpaired) electrons. The van der Waals surface area contributed by atoms with Crippen molar-refractivity contribution in [3.63, 3.8) is 0 Å². The van der Waals surface area contributed by atoms with Gasteiger partial charge in [0, 0.05) is 3.57 Å². The van der Waals surface area contributed by atoms with E-state index in [0.29, 0.717) is 4.90 Å². The van der Waals surface area contributed by atoms with Gasteiger partial charge in [0.2, 0.25) is 0 Å². The normalized spacial score (nSPS) is 11.8. The van der Waals surface area contributed by atoms with Gasteiger partial charge < -0.3 is 4.55 Å². The van der Waals surface area contributed by atoms with E-state index in [1.165, 1.54) is 0 Å². The summed E-state index contributed by atoms with van der Waals surface area (Å²) in [6.07, 6.45) is 0. The first-order valence-corrected chi connectivity index (χ1v) is 4.75. The molecule has 0 spiro atoms. The van der Waals surface area contributed by atoms with Crippen molar-refractivity contribution in [1.82, 2.24) is 0 Å². The fourth-order valence-electron chi connectivity index (χ4n) is 0.551. The van der Waals surface area contributed by atoms with Gasteiger partial charge in [0.05, 0.1) is 4.90 Å². The van der Waals surface area contributed by atoms with E-state index in [1.807, 2.05) is 0 Å². The first kappa shape index (κ1) is 11.7. The molecule has 2 nitrogen and oxygen atoms in total. The maximum absolute atomic E-state index is 10.4. The van der Waals surface area contributed by atoms with Crippen molar-refractivity contribution < 1.29 is 8.76 Å². The van der Waals surface area contributed by atoms with Crippen LogP contribution in [0.25, 0.3) is 0 Å². The third-order valence-electron chi connectivity index (χ3n) is 1.02. The van der Waals surface area contributed by atoms with Gasteiger partial charge >= 0.3 is 18.9 Å². The van der Waals surface area contributed by atoms with E-state index in [1.54, 1.807) is 24.3 Å². The first-order valence-electron chi connectivity index (χ1n) is 2.56. The summed E-state index contributed by atoms with van der Waals surface area (Å²) in [6, 6.07) is 6.86. The Morgan fingerprint density at radius 3 is 2.09 bits per heavy atom. The maximum atomic E-state index is 10.4. The minimum absolute atomic E-state index is 0. The molecule has 1 atom stereocenters. The molecule has 1 N–H and O–H groups in total. The van der Waals surface area contributed by atoms with Gasteiger partial charge in [0.1, 0.15) is 0 Å². The third-order valence-corrected chi connectivity index (χ3v) is 2.41. The summed E-state index contributed by atoms with van der Waals surface area (Å²) in [6.45, 7) is 0. The molecule has 0 aliphatic rings. The Kier molecular flexibility index (Phi) is 5.65. The summed E-state index contributed by atoms with van der Waals surface area (Å²) in [7, 11) is 0. The van der Waals surface area contributed by atoms with Gasteiger partial charge in [-0.15, -0.1) is 0 Å². The van der Waals surface area contributed by atoms with Crippen molar-refractivity contribution in [1.29, 1.82) is 0 Å². The average molecular weight is 276 g/mol. The van der Waals surface area contributed by atoms with Crippen molar-refractivity contribution in [3.8, 4) is 0 Å². The zero-order chi connectivity index (χ0) is 7.56. The summed E-state index contributed by atoms with van der Waals surface area (Å²) in [5, 5.41) is 0. The van der Waals surface area contributed by atoms with Crippen molar-refractivity contribution in [2.24, 2.45) is 0 Å². The van der Waals surface area contributed by atoms with Crippen molar-refractivity contribution in [2.45, 2.75) is 4.90 Å². The second-order valence-electron chi connectivity index (χ2n) is 1.70. The van der Waals surface area contributed by atoms with Crippen LogP contribution in [0.1, 0.15) is 0 Å². The molecule has 5 heteroatoms. The van der Waals surface area contributed by atoms with Gasteiger partial charge in [0.25, 0.3) is 0 Å². The molecule has 0 heterocycles. The number of hydrogen-bond acceptors (Lipinski definition) is 1. The van der Waals surface area contributed by atoms with Crippen LogP contribution >= 0.6 is 22.6 Å². The summed E-state index contributed by atoms with van der Waals surface area (Å²) in [5.74, 6) is 0. The van der Waals surface area contributed by atoms with Gasteiger partial charge in [-0.2, -0.15) is 0 Å². The van der Waals surface area contributed by atoms with Crippen LogP contribution in [-0.4, -0.2) is 27.6 Å². The van der Waals surface area contributed by atoms with Crippen molar-refractivity contribution in [2.75, 3.05) is 0 Å². The average Bonchev–Trinajstić information content (AvgIpc) is 1.88. The molecular weight excluding hydrogens is 270 g/mol. The zero-order valence-corrected chi connectivity index (χ0v) is 7.93. The Bertz CT molecular complexity index is 249. The molecule has 56 valence electrons. The van der Waals surface area contributed by atoms with Gasteiger partial charge in [-0.05, 0) is 46.9 Å². The van der Waals surface area contributed by atoms with E-state index in [9.17, 15) is 4.21 Å². The molecule has 0 bridgehead atoms. The third kappa shape index (κ3) is 3.72. The summed E-state index contributed by atoms with van der Waals surface area (Å²) >= 11 is 0.299. The number of benzene rings is 1. The molecule has 0 saturated carbocycles. The molecule has 1 unspecified atom stereocenters. The van der Waals surface area contributed by atoms with Crippen LogP contribution in [-0.2, 0) is 11.1 Å². The van der Waals surface area contributed by atoms with Crippen LogP contribution in [0, 0.1) is 3.57 Å². The standard InChI is InChI=1S/C6H5IO2S.Li.H/c7-5-1-3-6(4-2-5)10(8)9;;/h1-4H,(H,8,9);;. The second kappa shape index (κ2) is 5.33. The van der Waals surface area contributed by atoms with Crippen LogP contribution < -0.4 is 0 Å². The Balaban J connectivity index is 0.000001000. The monoisotopic (exact) mass is 276 g/mol. The SMILES string of the molecule is O=S(O)c1ccc(I)cc1.[LiH]. The molecule has 11 heavy (non-hydrogen) atoms. The topological polar surface area (TPSA) is 37.3 Å². The van der Waals surface area contributed by atoms with Crippen molar-refractivity contribution >= 4 is 52.5 Å². The molecule has 1 aromatic carbocycles. The van der Waals surface area contributed by atoms with Gasteiger partial charge in [-0.1, -0.05) is 0 Å². The minimum atomic E-state index is -1.84. The van der Waals surface area contributed by atoms with E-state index in [-0.39, 0.29) is 18.9 Å². The summed E-state index contributed by atoms with van der Waals surface area (Å²) < 4.78 is 20.1. The first-order chi connectivity index (χ1) is 4.70. The van der Waals surface area contributed by atoms with Crippen LogP contribution in [0.3, 0.4) is 0 Å². The second-order valence-corrected chi connectivity index (χ2v) is 3.92. The number of halogens is 1. The fraction of sp³-hybridized carbons (Fsp3) is 0. The number of hydrogen-bond donors (Lipinski definition) is 1. The summed E-state index contributed by atoms with van der Waals surface area (Å²) in [4.78, 5) is 0.445. The molecule has 0 amide bonds. The van der Waals surface area contributed by atoms with E-state index in [2.05, 4.69) is 22.6 Å². The fourth-order valence-corrected chi connectivity index (χ4v) is 1.28. The van der Waals surface area contributed by atoms with E-state index >= 15 is 0 Å². The Morgan fingerprint density at radius 2 is 1.73 bits per heavy atom. The van der Waals surface area contributed by atoms with E-state index < -0.39 is 11.1 Å². The molecule has 0 aromatic heterocycles. The number of rotatable bonds is 1. The molecule has 0 aliphatic carbocycles. The van der Waals surface area contributed by atoms with Gasteiger partial charge in [-0.3, -0.25) is 0 Å². The van der Waals surface area contributed by atoms with Gasteiger partial charge in [-0.25, -0.2) is 4.21 Å². The van der Waals surface area contributed by atoms with Gasteiger partial charge in [0.15, 0.2) is 11.1 Å². The van der Waals surface area contributed by atoms with Crippen LogP contribution in [0.5, 0.6) is 0 Å². The van der Waals surface area contributed by atoms with Crippen LogP contribution in [0.15, 0.2) is 29.2 Å². The Hall–Kier alpha value is 0.657. The molecular formula is C6H6ILiO2S. The molecule has 0 fully saturated rings. The summed E-state index contributed by atoms with van der Waals surface area (Å²) in [5.41, 5.74) is 0. The Labute approximate surface area is 93.4 Å². The van der Waals surface area contributed by atoms with E-state index in [4.69, 9.17) is 4.55 Å². The molecule has 0 saturated heterocycles. The zero-order valence-electron chi connectivity index (χ0n) is 4.95. The van der Waals surface area contributed by atoms with Crippen molar-refractivity contribution in [3.05, 3.63) is 27.8 Å². The molecule has 1 aromatic rings. The Morgan fingerprint density at radius 1 is 1.27 bits per heavy atom. The predicted octanol–water partition coefficient (Wildman–Crippen LogP) is 1.22. The predicted molar refractivity (Wildman–Crippen MR) is 55.3 cm³/mol. The van der Waals surface area contributed by atoms with Crippen LogP contribution in [0.4, 0.5) is 0 Å². The quantitative estimate of drug-likeness (QED) is 0.476. The molecule has 1 rings (SSSR count). The van der Waals surface area contributed by atoms with Crippen LogP contribution in [0.2, 0.25) is 0 Å². The van der Waals surface area contributed by atoms with E-state index in [0.717, 1.165) is 3.57 Å². The molecule has 0 aliphatic heterocycles.